The van der Waals surface area contributed by atoms with Crippen LogP contribution in [0.25, 0.3) is 0 Å². The quantitative estimate of drug-likeness (QED) is 0.744. The normalized spacial score (nSPS) is 31.9. The Kier molecular flexibility index (Phi) is 1.61. The van der Waals surface area contributed by atoms with E-state index in [1.165, 1.54) is 4.88 Å². The summed E-state index contributed by atoms with van der Waals surface area (Å²) in [5.74, 6) is 0. The van der Waals surface area contributed by atoms with Gasteiger partial charge in [-0.3, -0.25) is 0 Å². The lowest BCUT2D eigenvalue weighted by Crippen LogP contribution is -2.17. The standard InChI is InChI=1S/C10H14OS/c1-9(2)6-10(9,7-11)8-4-3-5-12-8/h3-5,11H,6-7H2,1-2H3/t10-/m0/s1. The minimum absolute atomic E-state index is 0.0845. The Morgan fingerprint density at radius 2 is 2.25 bits per heavy atom. The monoisotopic (exact) mass is 182 g/mol. The molecule has 66 valence electrons. The molecule has 1 aromatic rings. The summed E-state index contributed by atoms with van der Waals surface area (Å²) in [4.78, 5) is 1.34. The third-order valence-electron chi connectivity index (χ3n) is 3.18. The first-order chi connectivity index (χ1) is 5.62. The summed E-state index contributed by atoms with van der Waals surface area (Å²) in [6.07, 6.45) is 1.12. The van der Waals surface area contributed by atoms with Gasteiger partial charge in [0.05, 0.1) is 6.61 Å². The Labute approximate surface area is 77.0 Å². The van der Waals surface area contributed by atoms with Crippen LogP contribution in [0, 0.1) is 5.41 Å². The maximum Gasteiger partial charge on any atom is 0.0541 e. The molecule has 0 unspecified atom stereocenters. The van der Waals surface area contributed by atoms with Crippen molar-refractivity contribution in [2.24, 2.45) is 5.41 Å². The second kappa shape index (κ2) is 2.33. The summed E-state index contributed by atoms with van der Waals surface area (Å²) in [6.45, 7) is 4.74. The molecule has 0 bridgehead atoms. The molecule has 0 amide bonds. The molecule has 0 spiro atoms. The Morgan fingerprint density at radius 3 is 2.58 bits per heavy atom. The Balaban J connectivity index is 2.34. The molecule has 0 aliphatic heterocycles. The van der Waals surface area contributed by atoms with Crippen molar-refractivity contribution in [2.75, 3.05) is 6.61 Å². The molecule has 1 saturated carbocycles. The second-order valence-corrected chi connectivity index (χ2v) is 5.23. The van der Waals surface area contributed by atoms with Crippen LogP contribution in [0.2, 0.25) is 0 Å². The topological polar surface area (TPSA) is 20.2 Å². The van der Waals surface area contributed by atoms with Gasteiger partial charge in [-0.25, -0.2) is 0 Å². The fraction of sp³-hybridized carbons (Fsp3) is 0.600. The molecular weight excluding hydrogens is 168 g/mol. The van der Waals surface area contributed by atoms with Crippen LogP contribution in [0.3, 0.4) is 0 Å². The Hall–Kier alpha value is -0.340. The molecular formula is C10H14OS. The van der Waals surface area contributed by atoms with Gasteiger partial charge in [-0.05, 0) is 23.3 Å². The van der Waals surface area contributed by atoms with Crippen LogP contribution in [-0.2, 0) is 5.41 Å². The molecule has 1 nitrogen and oxygen atoms in total. The number of hydrogen-bond acceptors (Lipinski definition) is 2. The first-order valence-electron chi connectivity index (χ1n) is 4.27. The average molecular weight is 182 g/mol. The van der Waals surface area contributed by atoms with Crippen LogP contribution < -0.4 is 0 Å². The fourth-order valence-corrected chi connectivity index (χ4v) is 3.13. The predicted molar refractivity (Wildman–Crippen MR) is 51.5 cm³/mol. The molecule has 0 radical (unpaired) electrons. The van der Waals surface area contributed by atoms with Crippen molar-refractivity contribution in [3.05, 3.63) is 22.4 Å². The SMILES string of the molecule is CC1(C)C[C@]1(CO)c1cccs1. The molecule has 2 rings (SSSR count). The zero-order chi connectivity index (χ0) is 8.82. The minimum atomic E-state index is 0.0845. The molecule has 12 heavy (non-hydrogen) atoms. The molecule has 1 heterocycles. The first-order valence-corrected chi connectivity index (χ1v) is 5.15. The highest BCUT2D eigenvalue weighted by Gasteiger charge is 2.62. The van der Waals surface area contributed by atoms with Crippen LogP contribution in [0.5, 0.6) is 0 Å². The molecule has 1 aliphatic carbocycles. The predicted octanol–water partition coefficient (Wildman–Crippen LogP) is 2.41. The smallest absolute Gasteiger partial charge is 0.0541 e. The number of aliphatic hydroxyl groups is 1. The van der Waals surface area contributed by atoms with Gasteiger partial charge in [0.15, 0.2) is 0 Å². The molecule has 0 saturated heterocycles. The van der Waals surface area contributed by atoms with Gasteiger partial charge in [-0.2, -0.15) is 0 Å². The molecule has 1 fully saturated rings. The zero-order valence-corrected chi connectivity index (χ0v) is 8.32. The summed E-state index contributed by atoms with van der Waals surface area (Å²) in [5, 5.41) is 11.5. The lowest BCUT2D eigenvalue weighted by molar-refractivity contribution is 0.233. The van der Waals surface area contributed by atoms with E-state index in [1.54, 1.807) is 11.3 Å². The van der Waals surface area contributed by atoms with Gasteiger partial charge in [0.25, 0.3) is 0 Å². The van der Waals surface area contributed by atoms with Crippen molar-refractivity contribution in [3.63, 3.8) is 0 Å². The van der Waals surface area contributed by atoms with Crippen molar-refractivity contribution < 1.29 is 5.11 Å². The summed E-state index contributed by atoms with van der Waals surface area (Å²) in [6, 6.07) is 4.20. The van der Waals surface area contributed by atoms with Crippen LogP contribution >= 0.6 is 11.3 Å². The molecule has 1 atom stereocenters. The molecule has 2 heteroatoms. The highest BCUT2D eigenvalue weighted by atomic mass is 32.1. The van der Waals surface area contributed by atoms with Crippen LogP contribution in [0.15, 0.2) is 17.5 Å². The second-order valence-electron chi connectivity index (χ2n) is 4.28. The maximum atomic E-state index is 9.37. The van der Waals surface area contributed by atoms with Gasteiger partial charge in [0.1, 0.15) is 0 Å². The number of thiophene rings is 1. The van der Waals surface area contributed by atoms with E-state index in [0.29, 0.717) is 12.0 Å². The van der Waals surface area contributed by atoms with E-state index in [0.717, 1.165) is 6.42 Å². The van der Waals surface area contributed by atoms with Gasteiger partial charge >= 0.3 is 0 Å². The lowest BCUT2D eigenvalue weighted by Gasteiger charge is -2.15. The lowest BCUT2D eigenvalue weighted by atomic mass is 9.95. The third kappa shape index (κ3) is 0.882. The molecule has 0 aromatic carbocycles. The van der Waals surface area contributed by atoms with Crippen LogP contribution in [-0.4, -0.2) is 11.7 Å². The summed E-state index contributed by atoms with van der Waals surface area (Å²) in [7, 11) is 0. The number of rotatable bonds is 2. The van der Waals surface area contributed by atoms with E-state index in [2.05, 4.69) is 31.4 Å². The van der Waals surface area contributed by atoms with Gasteiger partial charge in [0, 0.05) is 10.3 Å². The highest BCUT2D eigenvalue weighted by molar-refractivity contribution is 7.10. The highest BCUT2D eigenvalue weighted by Crippen LogP contribution is 2.64. The average Bonchev–Trinajstić information content (AvgIpc) is 2.52. The number of hydrogen-bond donors (Lipinski definition) is 1. The third-order valence-corrected chi connectivity index (χ3v) is 4.25. The minimum Gasteiger partial charge on any atom is -0.395 e. The summed E-state index contributed by atoms with van der Waals surface area (Å²) in [5.41, 5.74) is 0.383. The van der Waals surface area contributed by atoms with E-state index in [9.17, 15) is 5.11 Å². The van der Waals surface area contributed by atoms with Gasteiger partial charge < -0.3 is 5.11 Å². The molecule has 1 N–H and O–H groups in total. The van der Waals surface area contributed by atoms with Crippen molar-refractivity contribution in [2.45, 2.75) is 25.7 Å². The summed E-state index contributed by atoms with van der Waals surface area (Å²) >= 11 is 1.76. The Morgan fingerprint density at radius 1 is 1.58 bits per heavy atom. The molecule has 1 aromatic heterocycles. The van der Waals surface area contributed by atoms with Gasteiger partial charge in [-0.15, -0.1) is 11.3 Å². The van der Waals surface area contributed by atoms with E-state index >= 15 is 0 Å². The van der Waals surface area contributed by atoms with Crippen LogP contribution in [0.1, 0.15) is 25.1 Å². The molecule has 1 aliphatic rings. The fourth-order valence-electron chi connectivity index (χ4n) is 2.03. The largest absolute Gasteiger partial charge is 0.395 e. The van der Waals surface area contributed by atoms with E-state index in [1.807, 2.05) is 0 Å². The van der Waals surface area contributed by atoms with Crippen molar-refractivity contribution in [1.82, 2.24) is 0 Å². The Bertz CT molecular complexity index is 276. The van der Waals surface area contributed by atoms with Crippen molar-refractivity contribution >= 4 is 11.3 Å². The van der Waals surface area contributed by atoms with E-state index < -0.39 is 0 Å². The van der Waals surface area contributed by atoms with Gasteiger partial charge in [-0.1, -0.05) is 19.9 Å². The van der Waals surface area contributed by atoms with Crippen molar-refractivity contribution in [1.29, 1.82) is 0 Å². The van der Waals surface area contributed by atoms with E-state index in [-0.39, 0.29) is 5.41 Å². The zero-order valence-electron chi connectivity index (χ0n) is 7.50. The first kappa shape index (κ1) is 8.27. The number of aliphatic hydroxyl groups excluding tert-OH is 1. The maximum absolute atomic E-state index is 9.37. The summed E-state index contributed by atoms with van der Waals surface area (Å²) < 4.78 is 0. The van der Waals surface area contributed by atoms with Crippen LogP contribution in [0.4, 0.5) is 0 Å². The van der Waals surface area contributed by atoms with E-state index in [4.69, 9.17) is 0 Å². The van der Waals surface area contributed by atoms with Gasteiger partial charge in [0.2, 0.25) is 0 Å². The van der Waals surface area contributed by atoms with Crippen molar-refractivity contribution in [3.8, 4) is 0 Å².